The van der Waals surface area contributed by atoms with Gasteiger partial charge in [-0.2, -0.15) is 0 Å². The van der Waals surface area contributed by atoms with E-state index >= 15 is 0 Å². The quantitative estimate of drug-likeness (QED) is 0.627. The van der Waals surface area contributed by atoms with Gasteiger partial charge >= 0.3 is 0 Å². The Balaban J connectivity index is 2.88. The van der Waals surface area contributed by atoms with Gasteiger partial charge in [-0.15, -0.1) is 0 Å². The highest BCUT2D eigenvalue weighted by Gasteiger charge is 2.19. The molecule has 0 aliphatic heterocycles. The van der Waals surface area contributed by atoms with Crippen molar-refractivity contribution in [1.82, 2.24) is 5.32 Å². The molecular weight excluding hydrogens is 235 g/mol. The van der Waals surface area contributed by atoms with Crippen molar-refractivity contribution < 1.29 is 9.31 Å². The lowest BCUT2D eigenvalue weighted by molar-refractivity contribution is -0.385. The van der Waals surface area contributed by atoms with E-state index in [4.69, 9.17) is 0 Å². The molecule has 1 aromatic carbocycles. The third-order valence-corrected chi connectivity index (χ3v) is 3.16. The van der Waals surface area contributed by atoms with Crippen molar-refractivity contribution in [3.05, 3.63) is 39.7 Å². The average Bonchev–Trinajstić information content (AvgIpc) is 2.28. The maximum absolute atomic E-state index is 13.2. The van der Waals surface area contributed by atoms with Crippen LogP contribution in [0.15, 0.2) is 18.2 Å². The Bertz CT molecular complexity index is 423. The van der Waals surface area contributed by atoms with Crippen molar-refractivity contribution in [2.24, 2.45) is 5.92 Å². The van der Waals surface area contributed by atoms with E-state index in [1.807, 2.05) is 20.8 Å². The molecule has 1 aromatic rings. The summed E-state index contributed by atoms with van der Waals surface area (Å²) in [4.78, 5) is 10.4. The Kier molecular flexibility index (Phi) is 5.22. The number of nitrogens with one attached hydrogen (secondary N) is 1. The fourth-order valence-corrected chi connectivity index (χ4v) is 1.94. The number of rotatable bonds is 6. The molecule has 0 aromatic heterocycles. The van der Waals surface area contributed by atoms with Crippen molar-refractivity contribution >= 4 is 5.69 Å². The molecule has 0 radical (unpaired) electrons. The van der Waals surface area contributed by atoms with Gasteiger partial charge in [-0.1, -0.05) is 13.8 Å². The molecule has 0 aliphatic rings. The molecule has 1 rings (SSSR count). The van der Waals surface area contributed by atoms with Crippen LogP contribution in [0.3, 0.4) is 0 Å². The second kappa shape index (κ2) is 6.44. The molecule has 0 aliphatic carbocycles. The molecule has 1 N–H and O–H groups in total. The first-order chi connectivity index (χ1) is 8.45. The van der Waals surface area contributed by atoms with E-state index in [1.54, 1.807) is 0 Å². The van der Waals surface area contributed by atoms with Crippen LogP contribution < -0.4 is 5.32 Å². The number of nitro benzene ring substituents is 1. The summed E-state index contributed by atoms with van der Waals surface area (Å²) in [6, 6.07) is 3.85. The molecule has 4 nitrogen and oxygen atoms in total. The van der Waals surface area contributed by atoms with Crippen LogP contribution in [0.4, 0.5) is 10.1 Å². The molecule has 5 heteroatoms. The monoisotopic (exact) mass is 254 g/mol. The molecule has 2 unspecified atom stereocenters. The summed E-state index contributed by atoms with van der Waals surface area (Å²) in [5.74, 6) is -0.232. The van der Waals surface area contributed by atoms with Crippen molar-refractivity contribution in [3.63, 3.8) is 0 Å². The normalized spacial score (nSPS) is 14.2. The minimum atomic E-state index is -0.459. The fraction of sp³-hybridized carbons (Fsp3) is 0.538. The standard InChI is InChI=1S/C13H19FN2O2/c1-4-15-10(3)9(2)7-11-8-12(14)5-6-13(11)16(17)18/h5-6,8-10,15H,4,7H2,1-3H3. The van der Waals surface area contributed by atoms with Crippen LogP contribution in [-0.4, -0.2) is 17.5 Å². The molecule has 0 saturated heterocycles. The Morgan fingerprint density at radius 2 is 2.11 bits per heavy atom. The highest BCUT2D eigenvalue weighted by molar-refractivity contribution is 5.40. The van der Waals surface area contributed by atoms with E-state index in [1.165, 1.54) is 12.1 Å². The molecule has 0 heterocycles. The molecule has 0 saturated carbocycles. The molecule has 100 valence electrons. The Morgan fingerprint density at radius 1 is 1.44 bits per heavy atom. The molecule has 0 fully saturated rings. The predicted molar refractivity (Wildman–Crippen MR) is 69.1 cm³/mol. The van der Waals surface area contributed by atoms with Crippen LogP contribution in [0.25, 0.3) is 0 Å². The summed E-state index contributed by atoms with van der Waals surface area (Å²) in [7, 11) is 0. The maximum atomic E-state index is 13.2. The molecule has 0 amide bonds. The van der Waals surface area contributed by atoms with Gasteiger partial charge in [0, 0.05) is 17.7 Å². The molecule has 2 atom stereocenters. The molecular formula is C13H19FN2O2. The Labute approximate surface area is 106 Å². The van der Waals surface area contributed by atoms with E-state index in [9.17, 15) is 14.5 Å². The topological polar surface area (TPSA) is 55.2 Å². The number of hydrogen-bond donors (Lipinski definition) is 1. The van der Waals surface area contributed by atoms with Crippen LogP contribution in [0.2, 0.25) is 0 Å². The van der Waals surface area contributed by atoms with Gasteiger partial charge in [-0.25, -0.2) is 4.39 Å². The minimum absolute atomic E-state index is 0.00746. The van der Waals surface area contributed by atoms with Crippen molar-refractivity contribution in [2.75, 3.05) is 6.54 Å². The highest BCUT2D eigenvalue weighted by Crippen LogP contribution is 2.23. The van der Waals surface area contributed by atoms with Crippen LogP contribution in [-0.2, 0) is 6.42 Å². The maximum Gasteiger partial charge on any atom is 0.272 e. The van der Waals surface area contributed by atoms with Crippen molar-refractivity contribution in [3.8, 4) is 0 Å². The zero-order chi connectivity index (χ0) is 13.7. The highest BCUT2D eigenvalue weighted by atomic mass is 19.1. The summed E-state index contributed by atoms with van der Waals surface area (Å²) in [5.41, 5.74) is 0.448. The Hall–Kier alpha value is -1.49. The van der Waals surface area contributed by atoms with E-state index in [-0.39, 0.29) is 17.6 Å². The van der Waals surface area contributed by atoms with E-state index in [0.717, 1.165) is 12.6 Å². The smallest absolute Gasteiger partial charge is 0.272 e. The number of nitro groups is 1. The summed E-state index contributed by atoms with van der Waals surface area (Å²) >= 11 is 0. The zero-order valence-electron chi connectivity index (χ0n) is 10.9. The van der Waals surface area contributed by atoms with Crippen molar-refractivity contribution in [1.29, 1.82) is 0 Å². The number of nitrogens with zero attached hydrogens (tertiary/aromatic N) is 1. The number of benzene rings is 1. The predicted octanol–water partition coefficient (Wildman–Crippen LogP) is 2.91. The van der Waals surface area contributed by atoms with E-state index < -0.39 is 10.7 Å². The molecule has 18 heavy (non-hydrogen) atoms. The first kappa shape index (κ1) is 14.6. The summed E-state index contributed by atoms with van der Waals surface area (Å²) in [5, 5.41) is 14.1. The lowest BCUT2D eigenvalue weighted by Crippen LogP contribution is -2.33. The van der Waals surface area contributed by atoms with Crippen LogP contribution in [0, 0.1) is 21.8 Å². The van der Waals surface area contributed by atoms with Crippen molar-refractivity contribution in [2.45, 2.75) is 33.2 Å². The SMILES string of the molecule is CCNC(C)C(C)Cc1cc(F)ccc1[N+](=O)[O-]. The third kappa shape index (κ3) is 3.77. The average molecular weight is 254 g/mol. The summed E-state index contributed by atoms with van der Waals surface area (Å²) < 4.78 is 13.2. The lowest BCUT2D eigenvalue weighted by atomic mass is 9.94. The zero-order valence-corrected chi connectivity index (χ0v) is 10.9. The fourth-order valence-electron chi connectivity index (χ4n) is 1.94. The Morgan fingerprint density at radius 3 is 2.67 bits per heavy atom. The second-order valence-electron chi connectivity index (χ2n) is 4.56. The van der Waals surface area contributed by atoms with E-state index in [0.29, 0.717) is 12.0 Å². The van der Waals surface area contributed by atoms with Crippen LogP contribution in [0.5, 0.6) is 0 Å². The van der Waals surface area contributed by atoms with Gasteiger partial charge in [-0.3, -0.25) is 10.1 Å². The van der Waals surface area contributed by atoms with Gasteiger partial charge in [0.15, 0.2) is 0 Å². The van der Waals surface area contributed by atoms with Crippen LogP contribution >= 0.6 is 0 Å². The summed E-state index contributed by atoms with van der Waals surface area (Å²) in [6.07, 6.45) is 0.488. The van der Waals surface area contributed by atoms with Gasteiger partial charge in [0.2, 0.25) is 0 Å². The minimum Gasteiger partial charge on any atom is -0.314 e. The van der Waals surface area contributed by atoms with Gasteiger partial charge < -0.3 is 5.32 Å². The van der Waals surface area contributed by atoms with Gasteiger partial charge in [0.1, 0.15) is 5.82 Å². The number of hydrogen-bond acceptors (Lipinski definition) is 3. The first-order valence-electron chi connectivity index (χ1n) is 6.11. The molecule has 0 spiro atoms. The second-order valence-corrected chi connectivity index (χ2v) is 4.56. The van der Waals surface area contributed by atoms with Gasteiger partial charge in [-0.05, 0) is 37.9 Å². The van der Waals surface area contributed by atoms with Gasteiger partial charge in [0.05, 0.1) is 4.92 Å². The van der Waals surface area contributed by atoms with Crippen LogP contribution in [0.1, 0.15) is 26.3 Å². The largest absolute Gasteiger partial charge is 0.314 e. The summed E-state index contributed by atoms with van der Waals surface area (Å²) in [6.45, 7) is 6.88. The lowest BCUT2D eigenvalue weighted by Gasteiger charge is -2.20. The third-order valence-electron chi connectivity index (χ3n) is 3.16. The number of halogens is 1. The van der Waals surface area contributed by atoms with E-state index in [2.05, 4.69) is 5.32 Å². The van der Waals surface area contributed by atoms with Gasteiger partial charge in [0.25, 0.3) is 5.69 Å². The first-order valence-corrected chi connectivity index (χ1v) is 6.11. The molecule has 0 bridgehead atoms.